The molecule has 1 heteroatoms. The molecule has 0 heterocycles. The summed E-state index contributed by atoms with van der Waals surface area (Å²) in [7, 11) is 0. The Morgan fingerprint density at radius 2 is 0.607 bits per heavy atom. The van der Waals surface area contributed by atoms with Crippen molar-refractivity contribution >= 4 is 30.5 Å². The average molecular weight is 477 g/mol. The first-order chi connectivity index (χ1) is 13.4. The van der Waals surface area contributed by atoms with Crippen LogP contribution in [-0.2, 0) is 0 Å². The molecular formula is C27H34Sn. The third-order valence-electron chi connectivity index (χ3n) is 5.81. The number of hydrogen-bond acceptors (Lipinski definition) is 0. The van der Waals surface area contributed by atoms with Gasteiger partial charge in [0.25, 0.3) is 0 Å². The number of rotatable bonds is 6. The first-order valence-corrected chi connectivity index (χ1v) is 15.6. The van der Waals surface area contributed by atoms with E-state index >= 15 is 0 Å². The third-order valence-corrected chi connectivity index (χ3v) is 14.8. The van der Waals surface area contributed by atoms with Gasteiger partial charge in [-0.25, -0.2) is 0 Å². The van der Waals surface area contributed by atoms with E-state index in [0.717, 1.165) is 0 Å². The monoisotopic (exact) mass is 478 g/mol. The predicted octanol–water partition coefficient (Wildman–Crippen LogP) is 5.31. The molecule has 3 aromatic carbocycles. The molecule has 146 valence electrons. The van der Waals surface area contributed by atoms with Gasteiger partial charge in [-0.05, 0) is 0 Å². The van der Waals surface area contributed by atoms with Crippen LogP contribution in [0.5, 0.6) is 0 Å². The van der Waals surface area contributed by atoms with Crippen LogP contribution in [0.2, 0.25) is 0 Å². The Bertz CT molecular complexity index is 747. The van der Waals surface area contributed by atoms with E-state index in [1.54, 1.807) is 10.7 Å². The molecule has 0 bridgehead atoms. The summed E-state index contributed by atoms with van der Waals surface area (Å²) in [6, 6.07) is 28.5. The van der Waals surface area contributed by atoms with Crippen LogP contribution in [0.15, 0.2) is 72.8 Å². The fraction of sp³-hybridized carbons (Fsp3) is 0.333. The summed E-state index contributed by atoms with van der Waals surface area (Å²) in [5, 5.41) is 0. The first kappa shape index (κ1) is 21.2. The minimum absolute atomic E-state index is 0.582. The summed E-state index contributed by atoms with van der Waals surface area (Å²) in [5.41, 5.74) is 4.29. The standard InChI is InChI=1S/3C9H11.Sn.H/c3*1-8(2)9-6-4-3-5-7-9;;/h3*4-8H,1-2H3;;. The average Bonchev–Trinajstić information content (AvgIpc) is 2.69. The van der Waals surface area contributed by atoms with Crippen molar-refractivity contribution in [2.45, 2.75) is 59.3 Å². The summed E-state index contributed by atoms with van der Waals surface area (Å²) in [5.74, 6) is 1.75. The van der Waals surface area contributed by atoms with E-state index in [-0.39, 0.29) is 0 Å². The second-order valence-corrected chi connectivity index (χ2v) is 17.1. The van der Waals surface area contributed by atoms with Crippen molar-refractivity contribution in [3.8, 4) is 0 Å². The van der Waals surface area contributed by atoms with Crippen LogP contribution in [-0.4, -0.2) is 19.8 Å². The van der Waals surface area contributed by atoms with Crippen molar-refractivity contribution in [1.82, 2.24) is 0 Å². The SMILES string of the molecule is CC(C)c1cc[c]([SnH]([c]2ccc(C(C)C)cc2)[c]2ccc(C(C)C)cc2)cc1. The summed E-state index contributed by atoms with van der Waals surface area (Å²) >= 11 is -2.35. The Morgan fingerprint density at radius 3 is 0.786 bits per heavy atom. The van der Waals surface area contributed by atoms with Crippen LogP contribution < -0.4 is 10.7 Å². The van der Waals surface area contributed by atoms with Crippen LogP contribution in [0.3, 0.4) is 0 Å². The zero-order chi connectivity index (χ0) is 20.3. The van der Waals surface area contributed by atoms with E-state index in [1.807, 2.05) is 0 Å². The number of hydrogen-bond donors (Lipinski definition) is 0. The molecule has 0 aliphatic carbocycles. The Hall–Kier alpha value is -1.54. The van der Waals surface area contributed by atoms with E-state index in [4.69, 9.17) is 0 Å². The molecule has 0 saturated heterocycles. The molecule has 0 atom stereocenters. The molecule has 0 aliphatic rings. The molecule has 28 heavy (non-hydrogen) atoms. The van der Waals surface area contributed by atoms with Gasteiger partial charge in [0.1, 0.15) is 0 Å². The Kier molecular flexibility index (Phi) is 7.04. The van der Waals surface area contributed by atoms with Gasteiger partial charge in [0.05, 0.1) is 0 Å². The van der Waals surface area contributed by atoms with Crippen molar-refractivity contribution in [3.63, 3.8) is 0 Å². The molecule has 0 aliphatic heterocycles. The van der Waals surface area contributed by atoms with E-state index in [0.29, 0.717) is 17.8 Å². The van der Waals surface area contributed by atoms with E-state index in [9.17, 15) is 0 Å². The molecule has 0 spiro atoms. The van der Waals surface area contributed by atoms with Gasteiger partial charge in [-0.3, -0.25) is 0 Å². The molecule has 3 aromatic rings. The van der Waals surface area contributed by atoms with Gasteiger partial charge in [0, 0.05) is 0 Å². The summed E-state index contributed by atoms with van der Waals surface area (Å²) < 4.78 is 4.71. The molecule has 0 aromatic heterocycles. The van der Waals surface area contributed by atoms with Gasteiger partial charge in [-0.1, -0.05) is 0 Å². The summed E-state index contributed by atoms with van der Waals surface area (Å²) in [4.78, 5) is 0. The molecule has 0 radical (unpaired) electrons. The van der Waals surface area contributed by atoms with Gasteiger partial charge < -0.3 is 0 Å². The van der Waals surface area contributed by atoms with E-state index in [2.05, 4.69) is 114 Å². The zero-order valence-corrected chi connectivity index (χ0v) is 21.5. The Balaban J connectivity index is 2.04. The van der Waals surface area contributed by atoms with Gasteiger partial charge in [0.15, 0.2) is 0 Å². The molecule has 0 amide bonds. The number of benzene rings is 3. The summed E-state index contributed by atoms with van der Waals surface area (Å²) in [6.07, 6.45) is 0. The fourth-order valence-electron chi connectivity index (χ4n) is 3.80. The van der Waals surface area contributed by atoms with Crippen LogP contribution in [0, 0.1) is 0 Å². The third kappa shape index (κ3) is 4.89. The van der Waals surface area contributed by atoms with Gasteiger partial charge in [0.2, 0.25) is 0 Å². The van der Waals surface area contributed by atoms with Gasteiger partial charge in [-0.15, -0.1) is 0 Å². The molecule has 3 rings (SSSR count). The first-order valence-electron chi connectivity index (χ1n) is 10.7. The minimum atomic E-state index is -2.35. The van der Waals surface area contributed by atoms with E-state index in [1.165, 1.54) is 16.7 Å². The van der Waals surface area contributed by atoms with Crippen molar-refractivity contribution in [1.29, 1.82) is 0 Å². The Morgan fingerprint density at radius 1 is 0.393 bits per heavy atom. The zero-order valence-electron chi connectivity index (χ0n) is 18.2. The van der Waals surface area contributed by atoms with Gasteiger partial charge >= 0.3 is 179 Å². The molecular weight excluding hydrogens is 443 g/mol. The Labute approximate surface area is 178 Å². The molecule has 0 N–H and O–H groups in total. The van der Waals surface area contributed by atoms with Crippen LogP contribution in [0.4, 0.5) is 0 Å². The van der Waals surface area contributed by atoms with Crippen molar-refractivity contribution in [2.75, 3.05) is 0 Å². The second-order valence-electron chi connectivity index (χ2n) is 8.90. The maximum absolute atomic E-state index is 2.41. The van der Waals surface area contributed by atoms with Crippen LogP contribution in [0.25, 0.3) is 0 Å². The van der Waals surface area contributed by atoms with Crippen molar-refractivity contribution in [3.05, 3.63) is 89.5 Å². The van der Waals surface area contributed by atoms with E-state index < -0.39 is 19.8 Å². The van der Waals surface area contributed by atoms with Crippen molar-refractivity contribution < 1.29 is 0 Å². The van der Waals surface area contributed by atoms with Crippen molar-refractivity contribution in [2.24, 2.45) is 0 Å². The maximum atomic E-state index is 2.41. The normalized spacial score (nSPS) is 11.8. The van der Waals surface area contributed by atoms with Crippen LogP contribution >= 0.6 is 0 Å². The molecule has 0 fully saturated rings. The predicted molar refractivity (Wildman–Crippen MR) is 128 cm³/mol. The molecule has 0 nitrogen and oxygen atoms in total. The summed E-state index contributed by atoms with van der Waals surface area (Å²) in [6.45, 7) is 13.6. The topological polar surface area (TPSA) is 0 Å². The quantitative estimate of drug-likeness (QED) is 0.423. The van der Waals surface area contributed by atoms with Gasteiger partial charge in [-0.2, -0.15) is 0 Å². The molecule has 0 saturated carbocycles. The second kappa shape index (κ2) is 9.30. The van der Waals surface area contributed by atoms with Crippen LogP contribution in [0.1, 0.15) is 76.0 Å². The molecule has 0 unspecified atom stereocenters. The fourth-order valence-corrected chi connectivity index (χ4v) is 12.0.